The first kappa shape index (κ1) is 22.6. The molecule has 0 saturated heterocycles. The molecular weight excluding hydrogens is 144 g/mol. The van der Waals surface area contributed by atoms with Crippen LogP contribution in [-0.2, 0) is 0 Å². The summed E-state index contributed by atoms with van der Waals surface area (Å²) in [4.78, 5) is 0. The van der Waals surface area contributed by atoms with E-state index in [0.717, 1.165) is 0 Å². The van der Waals surface area contributed by atoms with E-state index in [2.05, 4.69) is 40.9 Å². The molecule has 78 valence electrons. The zero-order chi connectivity index (χ0) is 10.8. The van der Waals surface area contributed by atoms with Gasteiger partial charge in [-0.2, -0.15) is 0 Å². The SMILES string of the molecule is C=C.CC.CCCC.CCCC. The summed E-state index contributed by atoms with van der Waals surface area (Å²) in [5.74, 6) is 0. The Hall–Kier alpha value is -0.260. The summed E-state index contributed by atoms with van der Waals surface area (Å²) in [5.41, 5.74) is 0. The van der Waals surface area contributed by atoms with E-state index in [-0.39, 0.29) is 0 Å². The van der Waals surface area contributed by atoms with Gasteiger partial charge < -0.3 is 0 Å². The molecule has 0 aliphatic heterocycles. The van der Waals surface area contributed by atoms with Crippen LogP contribution in [0.3, 0.4) is 0 Å². The van der Waals surface area contributed by atoms with Crippen molar-refractivity contribution in [2.45, 2.75) is 67.2 Å². The van der Waals surface area contributed by atoms with Crippen LogP contribution in [0.5, 0.6) is 0 Å². The first-order chi connectivity index (χ1) is 5.83. The van der Waals surface area contributed by atoms with Crippen LogP contribution in [-0.4, -0.2) is 0 Å². The van der Waals surface area contributed by atoms with E-state index in [1.165, 1.54) is 25.7 Å². The van der Waals surface area contributed by atoms with Crippen LogP contribution in [0.1, 0.15) is 67.2 Å². The summed E-state index contributed by atoms with van der Waals surface area (Å²) in [7, 11) is 0. The van der Waals surface area contributed by atoms with Crippen LogP contribution in [0.4, 0.5) is 0 Å². The molecule has 0 heteroatoms. The lowest BCUT2D eigenvalue weighted by molar-refractivity contribution is 0.886. The van der Waals surface area contributed by atoms with Crippen molar-refractivity contribution in [3.63, 3.8) is 0 Å². The Morgan fingerprint density at radius 1 is 0.583 bits per heavy atom. The van der Waals surface area contributed by atoms with Gasteiger partial charge >= 0.3 is 0 Å². The molecule has 0 aromatic carbocycles. The lowest BCUT2D eigenvalue weighted by atomic mass is 10.4. The largest absolute Gasteiger partial charge is 0.106 e. The van der Waals surface area contributed by atoms with Crippen molar-refractivity contribution in [2.24, 2.45) is 0 Å². The first-order valence-corrected chi connectivity index (χ1v) is 5.33. The quantitative estimate of drug-likeness (QED) is 0.489. The van der Waals surface area contributed by atoms with E-state index < -0.39 is 0 Å². The minimum Gasteiger partial charge on any atom is -0.106 e. The van der Waals surface area contributed by atoms with E-state index in [1.807, 2.05) is 13.8 Å². The lowest BCUT2D eigenvalue weighted by Gasteiger charge is -1.68. The molecule has 0 aliphatic carbocycles. The third-order valence-electron chi connectivity index (χ3n) is 1.000. The third-order valence-corrected chi connectivity index (χ3v) is 1.000. The highest BCUT2D eigenvalue weighted by molar-refractivity contribution is 4.22. The van der Waals surface area contributed by atoms with Crippen LogP contribution in [0.25, 0.3) is 0 Å². The number of rotatable bonds is 2. The van der Waals surface area contributed by atoms with Crippen LogP contribution in [0.2, 0.25) is 0 Å². The van der Waals surface area contributed by atoms with Crippen molar-refractivity contribution in [1.82, 2.24) is 0 Å². The van der Waals surface area contributed by atoms with Gasteiger partial charge in [0, 0.05) is 0 Å². The fourth-order valence-corrected chi connectivity index (χ4v) is 0. The summed E-state index contributed by atoms with van der Waals surface area (Å²) >= 11 is 0. The molecule has 12 heavy (non-hydrogen) atoms. The average molecular weight is 174 g/mol. The molecular formula is C12H30. The molecule has 0 unspecified atom stereocenters. The molecule has 0 saturated carbocycles. The monoisotopic (exact) mass is 174 g/mol. The van der Waals surface area contributed by atoms with Gasteiger partial charge in [-0.15, -0.1) is 13.2 Å². The molecule has 0 amide bonds. The molecule has 0 bridgehead atoms. The molecule has 0 spiro atoms. The maximum absolute atomic E-state index is 3.00. The van der Waals surface area contributed by atoms with Gasteiger partial charge in [0.25, 0.3) is 0 Å². The highest BCUT2D eigenvalue weighted by Gasteiger charge is 1.56. The van der Waals surface area contributed by atoms with E-state index in [0.29, 0.717) is 0 Å². The van der Waals surface area contributed by atoms with Crippen molar-refractivity contribution in [3.8, 4) is 0 Å². The van der Waals surface area contributed by atoms with Crippen molar-refractivity contribution in [1.29, 1.82) is 0 Å². The Bertz CT molecular complexity index is 15.2. The predicted molar refractivity (Wildman–Crippen MR) is 63.8 cm³/mol. The van der Waals surface area contributed by atoms with E-state index in [9.17, 15) is 0 Å². The molecule has 0 rings (SSSR count). The summed E-state index contributed by atoms with van der Waals surface area (Å²) in [5, 5.41) is 0. The molecule has 0 heterocycles. The smallest absolute Gasteiger partial charge is 0.0564 e. The van der Waals surface area contributed by atoms with Crippen LogP contribution in [0.15, 0.2) is 13.2 Å². The molecule has 0 atom stereocenters. The Balaban J connectivity index is -0.0000000380. The van der Waals surface area contributed by atoms with E-state index >= 15 is 0 Å². The summed E-state index contributed by atoms with van der Waals surface area (Å²) in [6, 6.07) is 0. The normalized spacial score (nSPS) is 5.83. The Morgan fingerprint density at radius 3 is 0.667 bits per heavy atom. The van der Waals surface area contributed by atoms with Gasteiger partial charge in [0.15, 0.2) is 0 Å². The van der Waals surface area contributed by atoms with Crippen molar-refractivity contribution in [2.75, 3.05) is 0 Å². The zero-order valence-corrected chi connectivity index (χ0v) is 10.2. The second kappa shape index (κ2) is 72.8. The van der Waals surface area contributed by atoms with Gasteiger partial charge in [-0.1, -0.05) is 67.2 Å². The molecule has 0 aromatic heterocycles. The van der Waals surface area contributed by atoms with Crippen molar-refractivity contribution >= 4 is 0 Å². The second-order valence-corrected chi connectivity index (χ2v) is 2.00. The van der Waals surface area contributed by atoms with E-state index in [1.54, 1.807) is 0 Å². The topological polar surface area (TPSA) is 0 Å². The standard InChI is InChI=1S/2C4H10.C2H6.C2H4/c2*1-3-4-2;2*1-2/h2*3-4H2,1-2H3;1-2H3;1-2H2. The van der Waals surface area contributed by atoms with Crippen LogP contribution < -0.4 is 0 Å². The number of hydrogen-bond donors (Lipinski definition) is 0. The van der Waals surface area contributed by atoms with Gasteiger partial charge in [0.05, 0.1) is 0 Å². The van der Waals surface area contributed by atoms with Crippen LogP contribution >= 0.6 is 0 Å². The Morgan fingerprint density at radius 2 is 0.667 bits per heavy atom. The Kier molecular flexibility index (Phi) is 137. The maximum atomic E-state index is 3.00. The van der Waals surface area contributed by atoms with Gasteiger partial charge in [-0.3, -0.25) is 0 Å². The number of hydrogen-bond acceptors (Lipinski definition) is 0. The second-order valence-electron chi connectivity index (χ2n) is 2.00. The van der Waals surface area contributed by atoms with Crippen LogP contribution in [0, 0.1) is 0 Å². The minimum absolute atomic E-state index is 1.32. The van der Waals surface area contributed by atoms with Crippen molar-refractivity contribution in [3.05, 3.63) is 13.2 Å². The fraction of sp³-hybridized carbons (Fsp3) is 0.833. The van der Waals surface area contributed by atoms with Gasteiger partial charge in [-0.25, -0.2) is 0 Å². The molecule has 0 fully saturated rings. The fourth-order valence-electron chi connectivity index (χ4n) is 0. The molecule has 0 radical (unpaired) electrons. The number of unbranched alkanes of at least 4 members (excludes halogenated alkanes) is 2. The molecule has 0 nitrogen and oxygen atoms in total. The maximum Gasteiger partial charge on any atom is -0.0564 e. The zero-order valence-electron chi connectivity index (χ0n) is 10.2. The van der Waals surface area contributed by atoms with Gasteiger partial charge in [-0.05, 0) is 0 Å². The van der Waals surface area contributed by atoms with Gasteiger partial charge in [0.2, 0.25) is 0 Å². The van der Waals surface area contributed by atoms with Gasteiger partial charge in [0.1, 0.15) is 0 Å². The Labute approximate surface area is 81.1 Å². The lowest BCUT2D eigenvalue weighted by Crippen LogP contribution is -1.47. The van der Waals surface area contributed by atoms with E-state index in [4.69, 9.17) is 0 Å². The molecule has 0 N–H and O–H groups in total. The first-order valence-electron chi connectivity index (χ1n) is 5.33. The summed E-state index contributed by atoms with van der Waals surface area (Å²) in [6.45, 7) is 18.7. The summed E-state index contributed by atoms with van der Waals surface area (Å²) < 4.78 is 0. The highest BCUT2D eigenvalue weighted by atomic mass is 13.6. The molecule has 0 aliphatic rings. The predicted octanol–water partition coefficient (Wildman–Crippen LogP) is 5.44. The third kappa shape index (κ3) is 246. The summed E-state index contributed by atoms with van der Waals surface area (Å²) in [6.07, 6.45) is 5.28. The van der Waals surface area contributed by atoms with Crippen molar-refractivity contribution < 1.29 is 0 Å². The average Bonchev–Trinajstić information content (AvgIpc) is 2.23. The minimum atomic E-state index is 1.32. The molecule has 0 aromatic rings. The highest BCUT2D eigenvalue weighted by Crippen LogP contribution is 1.77.